The molecule has 0 aromatic carbocycles. The Morgan fingerprint density at radius 1 is 1.13 bits per heavy atom. The third-order valence-electron chi connectivity index (χ3n) is 1.85. The summed E-state index contributed by atoms with van der Waals surface area (Å²) in [4.78, 5) is 23.8. The van der Waals surface area contributed by atoms with Crippen molar-refractivity contribution in [3.63, 3.8) is 0 Å². The van der Waals surface area contributed by atoms with E-state index in [9.17, 15) is 9.59 Å². The Morgan fingerprint density at radius 3 is 1.93 bits per heavy atom. The maximum absolute atomic E-state index is 11.7. The lowest BCUT2D eigenvalue weighted by molar-refractivity contribution is -0.134. The molecule has 1 N–H and O–H groups in total. The molecule has 0 aliphatic rings. The first-order chi connectivity index (χ1) is 6.86. The topological polar surface area (TPSA) is 57.6 Å². The first kappa shape index (κ1) is 14.3. The number of carbonyl (C=O) groups is 2. The van der Waals surface area contributed by atoms with Gasteiger partial charge in [0.05, 0.1) is 11.5 Å². The van der Waals surface area contributed by atoms with Crippen molar-refractivity contribution < 1.29 is 14.7 Å². The second kappa shape index (κ2) is 6.71. The van der Waals surface area contributed by atoms with Gasteiger partial charge in [0.15, 0.2) is 0 Å². The summed E-state index contributed by atoms with van der Waals surface area (Å²) >= 11 is 1.14. The number of carbonyl (C=O) groups excluding carboxylic acids is 1. The molecule has 0 unspecified atom stereocenters. The van der Waals surface area contributed by atoms with Gasteiger partial charge in [-0.05, 0) is 27.7 Å². The Hall–Kier alpha value is -0.710. The fourth-order valence-electron chi connectivity index (χ4n) is 1.47. The van der Waals surface area contributed by atoms with Crippen LogP contribution in [0.4, 0.5) is 0 Å². The molecule has 0 rings (SSSR count). The minimum atomic E-state index is -0.881. The third kappa shape index (κ3) is 5.67. The number of amides is 1. The molecule has 15 heavy (non-hydrogen) atoms. The first-order valence-electron chi connectivity index (χ1n) is 4.97. The summed E-state index contributed by atoms with van der Waals surface area (Å²) in [7, 11) is 0. The van der Waals surface area contributed by atoms with E-state index in [2.05, 4.69) is 0 Å². The Morgan fingerprint density at radius 2 is 1.60 bits per heavy atom. The van der Waals surface area contributed by atoms with Crippen LogP contribution in [0.3, 0.4) is 0 Å². The molecule has 0 fully saturated rings. The van der Waals surface area contributed by atoms with Gasteiger partial charge < -0.3 is 10.0 Å². The van der Waals surface area contributed by atoms with E-state index < -0.39 is 5.97 Å². The Balaban J connectivity index is 4.10. The number of carboxylic acids is 1. The fraction of sp³-hybridized carbons (Fsp3) is 0.800. The molecule has 88 valence electrons. The average Bonchev–Trinajstić information content (AvgIpc) is 2.01. The molecular weight excluding hydrogens is 214 g/mol. The van der Waals surface area contributed by atoms with Gasteiger partial charge in [0.1, 0.15) is 0 Å². The molecule has 0 heterocycles. The Labute approximate surface area is 95.0 Å². The molecule has 0 aliphatic carbocycles. The predicted molar refractivity (Wildman–Crippen MR) is 62.1 cm³/mol. The highest BCUT2D eigenvalue weighted by atomic mass is 32.2. The summed E-state index contributed by atoms with van der Waals surface area (Å²) in [5.41, 5.74) is 0. The van der Waals surface area contributed by atoms with Crippen molar-refractivity contribution in [2.75, 3.05) is 11.5 Å². The second-order valence-electron chi connectivity index (χ2n) is 3.88. The van der Waals surface area contributed by atoms with Crippen molar-refractivity contribution in [3.8, 4) is 0 Å². The van der Waals surface area contributed by atoms with Crippen LogP contribution in [0.25, 0.3) is 0 Å². The highest BCUT2D eigenvalue weighted by Gasteiger charge is 2.19. The van der Waals surface area contributed by atoms with Gasteiger partial charge in [0, 0.05) is 12.1 Å². The van der Waals surface area contributed by atoms with Gasteiger partial charge in [0.25, 0.3) is 0 Å². The van der Waals surface area contributed by atoms with Crippen LogP contribution in [-0.2, 0) is 9.59 Å². The van der Waals surface area contributed by atoms with Gasteiger partial charge in [0.2, 0.25) is 5.91 Å². The van der Waals surface area contributed by atoms with Crippen LogP contribution in [0.5, 0.6) is 0 Å². The second-order valence-corrected chi connectivity index (χ2v) is 4.86. The van der Waals surface area contributed by atoms with Crippen molar-refractivity contribution in [1.29, 1.82) is 0 Å². The summed E-state index contributed by atoms with van der Waals surface area (Å²) in [5, 5.41) is 8.44. The molecule has 1 amide bonds. The molecular formula is C10H19NO3S. The maximum Gasteiger partial charge on any atom is 0.313 e. The molecule has 0 atom stereocenters. The molecule has 0 saturated carbocycles. The summed E-state index contributed by atoms with van der Waals surface area (Å²) < 4.78 is 0. The van der Waals surface area contributed by atoms with Crippen LogP contribution in [0.2, 0.25) is 0 Å². The van der Waals surface area contributed by atoms with E-state index in [1.165, 1.54) is 0 Å². The number of thioether (sulfide) groups is 1. The maximum atomic E-state index is 11.7. The van der Waals surface area contributed by atoms with Gasteiger partial charge in [-0.1, -0.05) is 0 Å². The SMILES string of the molecule is CC(C)N(C(=O)CSCC(=O)O)C(C)C. The van der Waals surface area contributed by atoms with Crippen molar-refractivity contribution in [3.05, 3.63) is 0 Å². The highest BCUT2D eigenvalue weighted by Crippen LogP contribution is 2.09. The van der Waals surface area contributed by atoms with Gasteiger partial charge in [-0.2, -0.15) is 0 Å². The number of hydrogen-bond acceptors (Lipinski definition) is 3. The molecule has 0 aromatic heterocycles. The number of aliphatic carboxylic acids is 1. The smallest absolute Gasteiger partial charge is 0.313 e. The normalized spacial score (nSPS) is 10.8. The highest BCUT2D eigenvalue weighted by molar-refractivity contribution is 8.00. The van der Waals surface area contributed by atoms with E-state index in [-0.39, 0.29) is 29.5 Å². The van der Waals surface area contributed by atoms with Gasteiger partial charge in [-0.15, -0.1) is 11.8 Å². The molecule has 4 nitrogen and oxygen atoms in total. The standard InChI is InChI=1S/C10H19NO3S/c1-7(2)11(8(3)4)9(12)5-15-6-10(13)14/h7-8H,5-6H2,1-4H3,(H,13,14). The average molecular weight is 233 g/mol. The van der Waals surface area contributed by atoms with Crippen LogP contribution in [0, 0.1) is 0 Å². The molecule has 0 spiro atoms. The van der Waals surface area contributed by atoms with E-state index in [1.54, 1.807) is 4.90 Å². The zero-order chi connectivity index (χ0) is 12.0. The Bertz CT molecular complexity index is 221. The quantitative estimate of drug-likeness (QED) is 0.754. The molecule has 5 heteroatoms. The van der Waals surface area contributed by atoms with Gasteiger partial charge >= 0.3 is 5.97 Å². The number of nitrogens with zero attached hydrogens (tertiary/aromatic N) is 1. The first-order valence-corrected chi connectivity index (χ1v) is 6.12. The van der Waals surface area contributed by atoms with Crippen molar-refractivity contribution in [1.82, 2.24) is 4.90 Å². The van der Waals surface area contributed by atoms with Gasteiger partial charge in [-0.25, -0.2) is 0 Å². The summed E-state index contributed by atoms with van der Waals surface area (Å²) in [6, 6.07) is 0.311. The predicted octanol–water partition coefficient (Wildman–Crippen LogP) is 1.45. The zero-order valence-corrected chi connectivity index (χ0v) is 10.5. The van der Waals surface area contributed by atoms with Crippen molar-refractivity contribution in [2.45, 2.75) is 39.8 Å². The lowest BCUT2D eigenvalue weighted by atomic mass is 10.2. The lowest BCUT2D eigenvalue weighted by Crippen LogP contribution is -2.43. The molecule has 0 bridgehead atoms. The largest absolute Gasteiger partial charge is 0.481 e. The molecule has 0 aromatic rings. The number of rotatable bonds is 6. The van der Waals surface area contributed by atoms with E-state index in [1.807, 2.05) is 27.7 Å². The van der Waals surface area contributed by atoms with Gasteiger partial charge in [-0.3, -0.25) is 9.59 Å². The summed E-state index contributed by atoms with van der Waals surface area (Å²) in [5.74, 6) is -0.655. The third-order valence-corrected chi connectivity index (χ3v) is 2.75. The van der Waals surface area contributed by atoms with E-state index in [4.69, 9.17) is 5.11 Å². The minimum absolute atomic E-state index is 0.00579. The number of hydrogen-bond donors (Lipinski definition) is 1. The van der Waals surface area contributed by atoms with E-state index in [0.29, 0.717) is 0 Å². The van der Waals surface area contributed by atoms with Crippen LogP contribution >= 0.6 is 11.8 Å². The van der Waals surface area contributed by atoms with Crippen LogP contribution in [0.15, 0.2) is 0 Å². The van der Waals surface area contributed by atoms with E-state index in [0.717, 1.165) is 11.8 Å². The minimum Gasteiger partial charge on any atom is -0.481 e. The monoisotopic (exact) mass is 233 g/mol. The van der Waals surface area contributed by atoms with Crippen LogP contribution < -0.4 is 0 Å². The van der Waals surface area contributed by atoms with Crippen molar-refractivity contribution >= 4 is 23.6 Å². The number of carboxylic acid groups (broad SMARTS) is 1. The van der Waals surface area contributed by atoms with E-state index >= 15 is 0 Å². The lowest BCUT2D eigenvalue weighted by Gasteiger charge is -2.30. The fourth-order valence-corrected chi connectivity index (χ4v) is 2.07. The van der Waals surface area contributed by atoms with Crippen LogP contribution in [-0.4, -0.2) is 45.5 Å². The molecule has 0 radical (unpaired) electrons. The zero-order valence-electron chi connectivity index (χ0n) is 9.69. The Kier molecular flexibility index (Phi) is 6.40. The summed E-state index contributed by atoms with van der Waals surface area (Å²) in [6.45, 7) is 7.83. The van der Waals surface area contributed by atoms with Crippen LogP contribution in [0.1, 0.15) is 27.7 Å². The molecule has 0 saturated heterocycles. The molecule has 0 aliphatic heterocycles. The van der Waals surface area contributed by atoms with Crippen molar-refractivity contribution in [2.24, 2.45) is 0 Å². The summed E-state index contributed by atoms with van der Waals surface area (Å²) in [6.07, 6.45) is 0.